The second kappa shape index (κ2) is 10.5. The molecule has 0 unspecified atom stereocenters. The predicted molar refractivity (Wildman–Crippen MR) is 96.2 cm³/mol. The summed E-state index contributed by atoms with van der Waals surface area (Å²) in [7, 11) is 0. The topological polar surface area (TPSA) is 79.4 Å². The van der Waals surface area contributed by atoms with E-state index in [-0.39, 0.29) is 36.0 Å². The number of thioether (sulfide) groups is 1. The fourth-order valence-corrected chi connectivity index (χ4v) is 2.49. The third-order valence-electron chi connectivity index (χ3n) is 3.05. The number of halogens is 1. The number of rotatable bonds is 7. The van der Waals surface area contributed by atoms with E-state index in [9.17, 15) is 4.79 Å². The maximum Gasteiger partial charge on any atom is 0.239 e. The lowest BCUT2D eigenvalue weighted by atomic mass is 10.0. The van der Waals surface area contributed by atoms with E-state index in [0.29, 0.717) is 6.61 Å². The molecule has 0 radical (unpaired) electrons. The number of hydrogen-bond acceptors (Lipinski definition) is 4. The quantitative estimate of drug-likeness (QED) is 0.452. The standard InChI is InChI=1S/C15H23N3O2S.ClH/c1-4-12-8-6-7-11(3)14(12)18(10-20-5-2)13(19)9-21-15(16)17;/h6-8H,4-5,9-10H2,1-3H3,(H3,16,17);1H. The molecule has 1 amide bonds. The van der Waals surface area contributed by atoms with Crippen LogP contribution in [-0.2, 0) is 16.0 Å². The number of anilines is 1. The minimum atomic E-state index is -0.104. The zero-order valence-corrected chi connectivity index (χ0v) is 14.9. The van der Waals surface area contributed by atoms with Gasteiger partial charge in [-0.15, -0.1) is 12.4 Å². The van der Waals surface area contributed by atoms with Crippen molar-refractivity contribution in [3.8, 4) is 0 Å². The molecule has 0 heterocycles. The maximum atomic E-state index is 12.4. The summed E-state index contributed by atoms with van der Waals surface area (Å²) < 4.78 is 5.44. The zero-order valence-electron chi connectivity index (χ0n) is 13.2. The highest BCUT2D eigenvalue weighted by molar-refractivity contribution is 8.14. The number of para-hydroxylation sites is 1. The van der Waals surface area contributed by atoms with E-state index in [4.69, 9.17) is 15.9 Å². The highest BCUT2D eigenvalue weighted by Gasteiger charge is 2.20. The second-order valence-electron chi connectivity index (χ2n) is 4.53. The zero-order chi connectivity index (χ0) is 15.8. The molecule has 3 N–H and O–H groups in total. The molecule has 22 heavy (non-hydrogen) atoms. The molecule has 0 spiro atoms. The molecule has 0 saturated heterocycles. The van der Waals surface area contributed by atoms with Crippen molar-refractivity contribution in [1.29, 1.82) is 5.41 Å². The fraction of sp³-hybridized carbons (Fsp3) is 0.467. The number of aryl methyl sites for hydroxylation is 2. The van der Waals surface area contributed by atoms with E-state index >= 15 is 0 Å². The average molecular weight is 346 g/mol. The van der Waals surface area contributed by atoms with Gasteiger partial charge in [0.05, 0.1) is 11.4 Å². The molecule has 0 aliphatic heterocycles. The number of nitrogens with zero attached hydrogens (tertiary/aromatic N) is 1. The van der Waals surface area contributed by atoms with Gasteiger partial charge in [-0.05, 0) is 31.4 Å². The van der Waals surface area contributed by atoms with Crippen LogP contribution in [0.5, 0.6) is 0 Å². The Kier molecular flexibility index (Phi) is 9.89. The summed E-state index contributed by atoms with van der Waals surface area (Å²) in [6, 6.07) is 6.00. The number of carbonyl (C=O) groups is 1. The SMILES string of the molecule is CCOCN(C(=O)CSC(=N)N)c1c(C)cccc1CC.Cl. The van der Waals surface area contributed by atoms with Gasteiger partial charge in [-0.1, -0.05) is 36.9 Å². The lowest BCUT2D eigenvalue weighted by molar-refractivity contribution is -0.117. The first-order valence-corrected chi connectivity index (χ1v) is 7.93. The van der Waals surface area contributed by atoms with Crippen molar-refractivity contribution >= 4 is 40.9 Å². The van der Waals surface area contributed by atoms with Gasteiger partial charge >= 0.3 is 0 Å². The number of ether oxygens (including phenoxy) is 1. The van der Waals surface area contributed by atoms with E-state index < -0.39 is 0 Å². The molecule has 0 saturated carbocycles. The molecule has 0 fully saturated rings. The predicted octanol–water partition coefficient (Wildman–Crippen LogP) is 2.93. The van der Waals surface area contributed by atoms with Crippen LogP contribution in [0.25, 0.3) is 0 Å². The molecular formula is C15H24ClN3O2S. The van der Waals surface area contributed by atoms with Crippen LogP contribution in [0.4, 0.5) is 5.69 Å². The van der Waals surface area contributed by atoms with E-state index in [1.807, 2.05) is 32.0 Å². The first-order valence-electron chi connectivity index (χ1n) is 6.94. The number of benzene rings is 1. The van der Waals surface area contributed by atoms with E-state index in [0.717, 1.165) is 35.0 Å². The summed E-state index contributed by atoms with van der Waals surface area (Å²) in [6.45, 7) is 6.69. The molecule has 0 aliphatic carbocycles. The van der Waals surface area contributed by atoms with Gasteiger partial charge in [-0.2, -0.15) is 0 Å². The number of carbonyl (C=O) groups excluding carboxylic acids is 1. The Labute approximate surface area is 142 Å². The van der Waals surface area contributed by atoms with E-state index in [1.54, 1.807) is 4.90 Å². The van der Waals surface area contributed by atoms with Crippen LogP contribution in [0.2, 0.25) is 0 Å². The van der Waals surface area contributed by atoms with Gasteiger partial charge in [0.1, 0.15) is 6.73 Å². The molecule has 7 heteroatoms. The summed E-state index contributed by atoms with van der Waals surface area (Å²) in [5.41, 5.74) is 8.36. The van der Waals surface area contributed by atoms with Gasteiger partial charge in [-0.25, -0.2) is 0 Å². The lowest BCUT2D eigenvalue weighted by Crippen LogP contribution is -2.36. The van der Waals surface area contributed by atoms with Crippen LogP contribution >= 0.6 is 24.2 Å². The molecule has 1 aromatic rings. The molecular weight excluding hydrogens is 322 g/mol. The number of nitrogens with two attached hydrogens (primary N) is 1. The number of nitrogens with one attached hydrogen (secondary N) is 1. The number of hydrogen-bond donors (Lipinski definition) is 2. The van der Waals surface area contributed by atoms with Crippen molar-refractivity contribution < 1.29 is 9.53 Å². The Balaban J connectivity index is 0.00000441. The van der Waals surface area contributed by atoms with Crippen LogP contribution in [-0.4, -0.2) is 30.2 Å². The van der Waals surface area contributed by atoms with Crippen molar-refractivity contribution in [2.45, 2.75) is 27.2 Å². The van der Waals surface area contributed by atoms with Crippen LogP contribution in [0.3, 0.4) is 0 Å². The Hall–Kier alpha value is -1.24. The first kappa shape index (κ1) is 20.8. The van der Waals surface area contributed by atoms with Gasteiger partial charge in [0.15, 0.2) is 5.17 Å². The Morgan fingerprint density at radius 2 is 2.09 bits per heavy atom. The first-order chi connectivity index (χ1) is 10.0. The summed E-state index contributed by atoms with van der Waals surface area (Å²) >= 11 is 1.03. The maximum absolute atomic E-state index is 12.4. The molecule has 0 atom stereocenters. The van der Waals surface area contributed by atoms with Crippen molar-refractivity contribution in [3.63, 3.8) is 0 Å². The van der Waals surface area contributed by atoms with Gasteiger partial charge in [0, 0.05) is 6.61 Å². The third kappa shape index (κ3) is 5.87. The largest absolute Gasteiger partial charge is 0.379 e. The molecule has 124 valence electrons. The van der Waals surface area contributed by atoms with Crippen LogP contribution < -0.4 is 10.6 Å². The Morgan fingerprint density at radius 1 is 1.41 bits per heavy atom. The van der Waals surface area contributed by atoms with Crippen molar-refractivity contribution in [1.82, 2.24) is 0 Å². The molecule has 1 aromatic carbocycles. The lowest BCUT2D eigenvalue weighted by Gasteiger charge is -2.26. The van der Waals surface area contributed by atoms with E-state index in [2.05, 4.69) is 6.92 Å². The summed E-state index contributed by atoms with van der Waals surface area (Å²) in [5.74, 6) is 0.0348. The minimum Gasteiger partial charge on any atom is -0.379 e. The van der Waals surface area contributed by atoms with Gasteiger partial charge in [0.2, 0.25) is 5.91 Å². The number of amides is 1. The normalized spacial score (nSPS) is 9.95. The van der Waals surface area contributed by atoms with Crippen molar-refractivity contribution in [2.24, 2.45) is 5.73 Å². The van der Waals surface area contributed by atoms with Crippen LogP contribution in [0.15, 0.2) is 18.2 Å². The van der Waals surface area contributed by atoms with E-state index in [1.165, 1.54) is 0 Å². The van der Waals surface area contributed by atoms with Gasteiger partial charge in [0.25, 0.3) is 0 Å². The third-order valence-corrected chi connectivity index (χ3v) is 3.75. The molecule has 0 aliphatic rings. The minimum absolute atomic E-state index is 0. The Morgan fingerprint density at radius 3 is 2.64 bits per heavy atom. The summed E-state index contributed by atoms with van der Waals surface area (Å²) in [4.78, 5) is 14.1. The van der Waals surface area contributed by atoms with Crippen LogP contribution in [0, 0.1) is 12.3 Å². The van der Waals surface area contributed by atoms with Crippen molar-refractivity contribution in [3.05, 3.63) is 29.3 Å². The Bertz CT molecular complexity index is 512. The summed E-state index contributed by atoms with van der Waals surface area (Å²) in [5, 5.41) is 7.18. The summed E-state index contributed by atoms with van der Waals surface area (Å²) in [6.07, 6.45) is 0.840. The smallest absolute Gasteiger partial charge is 0.239 e. The second-order valence-corrected chi connectivity index (χ2v) is 5.55. The number of amidine groups is 1. The fourth-order valence-electron chi connectivity index (χ4n) is 2.05. The molecule has 5 nitrogen and oxygen atoms in total. The highest BCUT2D eigenvalue weighted by Crippen LogP contribution is 2.26. The molecule has 0 bridgehead atoms. The van der Waals surface area contributed by atoms with Crippen molar-refractivity contribution in [2.75, 3.05) is 24.0 Å². The van der Waals surface area contributed by atoms with Gasteiger partial charge in [-0.3, -0.25) is 15.1 Å². The average Bonchev–Trinajstić information content (AvgIpc) is 2.46. The monoisotopic (exact) mass is 345 g/mol. The molecule has 1 rings (SSSR count). The van der Waals surface area contributed by atoms with Gasteiger partial charge < -0.3 is 10.5 Å². The van der Waals surface area contributed by atoms with Crippen LogP contribution in [0.1, 0.15) is 25.0 Å². The highest BCUT2D eigenvalue weighted by atomic mass is 35.5. The molecule has 0 aromatic heterocycles.